The Kier molecular flexibility index (Phi) is 3.50. The van der Waals surface area contributed by atoms with Gasteiger partial charge in [0.15, 0.2) is 9.84 Å². The monoisotopic (exact) mass is 309 g/mol. The van der Waals surface area contributed by atoms with E-state index in [1.165, 1.54) is 12.1 Å². The fourth-order valence-electron chi connectivity index (χ4n) is 2.05. The number of rotatable bonds is 4. The highest BCUT2D eigenvalue weighted by atomic mass is 32.2. The Morgan fingerprint density at radius 3 is 2.63 bits per heavy atom. The zero-order chi connectivity index (χ0) is 14.3. The highest BCUT2D eigenvalue weighted by Gasteiger charge is 2.42. The maximum absolute atomic E-state index is 12.1. The third-order valence-electron chi connectivity index (χ3n) is 2.94. The van der Waals surface area contributed by atoms with Crippen LogP contribution in [-0.2, 0) is 26.5 Å². The molecule has 2 rings (SSSR count). The van der Waals surface area contributed by atoms with E-state index in [-0.39, 0.29) is 28.8 Å². The van der Waals surface area contributed by atoms with Crippen molar-refractivity contribution >= 4 is 19.9 Å². The van der Waals surface area contributed by atoms with Crippen molar-refractivity contribution in [3.63, 3.8) is 0 Å². The highest BCUT2D eigenvalue weighted by molar-refractivity contribution is 7.92. The topological polar surface area (TPSA) is 114 Å². The quantitative estimate of drug-likeness (QED) is 0.784. The molecule has 0 amide bonds. The van der Waals surface area contributed by atoms with Crippen molar-refractivity contribution < 1.29 is 26.4 Å². The molecule has 0 aromatic carbocycles. The standard InChI is InChI=1S/C10H15NO6S2/c1-10(4-5-18(13,14)7-10)11-19(15,16)9-3-2-8(6-12)17-9/h2-3,11-12H,4-7H2,1H3. The molecule has 0 saturated carbocycles. The van der Waals surface area contributed by atoms with Gasteiger partial charge in [0.2, 0.25) is 5.09 Å². The number of furan rings is 1. The van der Waals surface area contributed by atoms with Crippen LogP contribution in [0.1, 0.15) is 19.1 Å². The van der Waals surface area contributed by atoms with Crippen molar-refractivity contribution in [1.82, 2.24) is 4.72 Å². The van der Waals surface area contributed by atoms with Crippen LogP contribution < -0.4 is 4.72 Å². The number of aliphatic hydroxyl groups excluding tert-OH is 1. The largest absolute Gasteiger partial charge is 0.446 e. The van der Waals surface area contributed by atoms with E-state index < -0.39 is 32.0 Å². The average Bonchev–Trinajstić information content (AvgIpc) is 2.83. The second-order valence-corrected chi connectivity index (χ2v) is 8.68. The molecule has 1 atom stereocenters. The van der Waals surface area contributed by atoms with E-state index in [4.69, 9.17) is 9.52 Å². The van der Waals surface area contributed by atoms with Gasteiger partial charge in [-0.1, -0.05) is 0 Å². The highest BCUT2D eigenvalue weighted by Crippen LogP contribution is 2.25. The summed E-state index contributed by atoms with van der Waals surface area (Å²) in [7, 11) is -7.14. The van der Waals surface area contributed by atoms with E-state index in [1.807, 2.05) is 0 Å². The van der Waals surface area contributed by atoms with Gasteiger partial charge in [0.25, 0.3) is 10.0 Å². The number of aliphatic hydroxyl groups is 1. The summed E-state index contributed by atoms with van der Waals surface area (Å²) in [6.45, 7) is 1.15. The van der Waals surface area contributed by atoms with Crippen LogP contribution in [0.3, 0.4) is 0 Å². The lowest BCUT2D eigenvalue weighted by molar-refractivity contribution is 0.236. The van der Waals surface area contributed by atoms with Gasteiger partial charge in [0, 0.05) is 5.54 Å². The van der Waals surface area contributed by atoms with Crippen LogP contribution in [0.2, 0.25) is 0 Å². The van der Waals surface area contributed by atoms with Crippen molar-refractivity contribution in [1.29, 1.82) is 0 Å². The molecule has 2 heterocycles. The molecule has 1 aromatic heterocycles. The SMILES string of the molecule is CC1(NS(=O)(=O)c2ccc(CO)o2)CCS(=O)(=O)C1. The maximum atomic E-state index is 12.1. The zero-order valence-corrected chi connectivity index (χ0v) is 11.9. The molecule has 1 unspecified atom stereocenters. The summed E-state index contributed by atoms with van der Waals surface area (Å²) in [5.74, 6) is -0.136. The van der Waals surface area contributed by atoms with Gasteiger partial charge in [0.1, 0.15) is 12.4 Å². The van der Waals surface area contributed by atoms with Gasteiger partial charge in [0.05, 0.1) is 11.5 Å². The van der Waals surface area contributed by atoms with Crippen molar-refractivity contribution in [2.24, 2.45) is 0 Å². The molecular formula is C10H15NO6S2. The molecule has 1 fully saturated rings. The first-order chi connectivity index (χ1) is 8.66. The second kappa shape index (κ2) is 4.58. The summed E-state index contributed by atoms with van der Waals surface area (Å²) in [5, 5.41) is 8.50. The molecule has 1 aliphatic heterocycles. The van der Waals surface area contributed by atoms with Crippen LogP contribution in [0, 0.1) is 0 Å². The van der Waals surface area contributed by atoms with E-state index in [2.05, 4.69) is 4.72 Å². The van der Waals surface area contributed by atoms with Gasteiger partial charge in [-0.15, -0.1) is 0 Å². The number of hydrogen-bond donors (Lipinski definition) is 2. The number of sulfone groups is 1. The molecule has 0 aliphatic carbocycles. The lowest BCUT2D eigenvalue weighted by Crippen LogP contribution is -2.46. The van der Waals surface area contributed by atoms with E-state index in [1.54, 1.807) is 6.92 Å². The predicted octanol–water partition coefficient (Wildman–Crippen LogP) is -0.373. The van der Waals surface area contributed by atoms with Gasteiger partial charge in [-0.3, -0.25) is 0 Å². The van der Waals surface area contributed by atoms with E-state index >= 15 is 0 Å². The molecule has 0 radical (unpaired) electrons. The van der Waals surface area contributed by atoms with Crippen LogP contribution in [-0.4, -0.2) is 39.0 Å². The second-order valence-electron chi connectivity index (χ2n) is 4.89. The molecule has 1 saturated heterocycles. The van der Waals surface area contributed by atoms with Crippen LogP contribution >= 0.6 is 0 Å². The maximum Gasteiger partial charge on any atom is 0.274 e. The Labute approximate surface area is 111 Å². The zero-order valence-electron chi connectivity index (χ0n) is 10.3. The lowest BCUT2D eigenvalue weighted by Gasteiger charge is -2.22. The fourth-order valence-corrected chi connectivity index (χ4v) is 5.63. The van der Waals surface area contributed by atoms with Gasteiger partial charge >= 0.3 is 0 Å². The Bertz CT molecular complexity index is 675. The van der Waals surface area contributed by atoms with Gasteiger partial charge < -0.3 is 9.52 Å². The molecule has 7 nitrogen and oxygen atoms in total. The van der Waals surface area contributed by atoms with Crippen molar-refractivity contribution in [3.05, 3.63) is 17.9 Å². The minimum atomic E-state index is -3.93. The Balaban J connectivity index is 2.23. The van der Waals surface area contributed by atoms with Crippen molar-refractivity contribution in [3.8, 4) is 0 Å². The Morgan fingerprint density at radius 1 is 1.47 bits per heavy atom. The Morgan fingerprint density at radius 2 is 2.16 bits per heavy atom. The molecule has 2 N–H and O–H groups in total. The molecule has 1 aromatic rings. The van der Waals surface area contributed by atoms with E-state index in [0.717, 1.165) is 0 Å². The number of sulfonamides is 1. The number of nitrogens with one attached hydrogen (secondary N) is 1. The van der Waals surface area contributed by atoms with Gasteiger partial charge in [-0.2, -0.15) is 0 Å². The van der Waals surface area contributed by atoms with Gasteiger partial charge in [-0.25, -0.2) is 21.6 Å². The van der Waals surface area contributed by atoms with Crippen LogP contribution in [0.5, 0.6) is 0 Å². The van der Waals surface area contributed by atoms with Crippen LogP contribution in [0.25, 0.3) is 0 Å². The minimum absolute atomic E-state index is 0.0357. The summed E-state index contributed by atoms with van der Waals surface area (Å²) in [6, 6.07) is 2.57. The molecule has 108 valence electrons. The fraction of sp³-hybridized carbons (Fsp3) is 0.600. The molecule has 0 bridgehead atoms. The van der Waals surface area contributed by atoms with Crippen molar-refractivity contribution in [2.75, 3.05) is 11.5 Å². The van der Waals surface area contributed by atoms with Crippen molar-refractivity contribution in [2.45, 2.75) is 30.6 Å². The summed E-state index contributed by atoms with van der Waals surface area (Å²) < 4.78 is 54.3. The van der Waals surface area contributed by atoms with E-state index in [9.17, 15) is 16.8 Å². The van der Waals surface area contributed by atoms with Crippen LogP contribution in [0.15, 0.2) is 21.6 Å². The van der Waals surface area contributed by atoms with Gasteiger partial charge in [-0.05, 0) is 25.5 Å². The molecule has 9 heteroatoms. The van der Waals surface area contributed by atoms with Crippen LogP contribution in [0.4, 0.5) is 0 Å². The third kappa shape index (κ3) is 3.16. The molecule has 1 aliphatic rings. The average molecular weight is 309 g/mol. The lowest BCUT2D eigenvalue weighted by atomic mass is 10.0. The van der Waals surface area contributed by atoms with E-state index in [0.29, 0.717) is 0 Å². The summed E-state index contributed by atoms with van der Waals surface area (Å²) in [5.41, 5.74) is -1.02. The summed E-state index contributed by atoms with van der Waals surface area (Å²) in [6.07, 6.45) is 0.224. The predicted molar refractivity (Wildman–Crippen MR) is 66.6 cm³/mol. The molecular weight excluding hydrogens is 294 g/mol. The number of hydrogen-bond acceptors (Lipinski definition) is 6. The minimum Gasteiger partial charge on any atom is -0.446 e. The molecule has 19 heavy (non-hydrogen) atoms. The summed E-state index contributed by atoms with van der Waals surface area (Å²) >= 11 is 0. The normalized spacial score (nSPS) is 26.6. The first kappa shape index (κ1) is 14.5. The summed E-state index contributed by atoms with van der Waals surface area (Å²) in [4.78, 5) is 0. The first-order valence-electron chi connectivity index (χ1n) is 5.60. The smallest absolute Gasteiger partial charge is 0.274 e. The molecule has 0 spiro atoms. The third-order valence-corrected chi connectivity index (χ3v) is 6.36. The Hall–Kier alpha value is -0.900. The first-order valence-corrected chi connectivity index (χ1v) is 8.90.